The summed E-state index contributed by atoms with van der Waals surface area (Å²) in [4.78, 5) is 26.3. The molecular formula is C19H26N2O3. The highest BCUT2D eigenvalue weighted by Gasteiger charge is 2.21. The Labute approximate surface area is 143 Å². The van der Waals surface area contributed by atoms with Gasteiger partial charge in [0, 0.05) is 24.7 Å². The van der Waals surface area contributed by atoms with Crippen LogP contribution in [-0.2, 0) is 20.7 Å². The fourth-order valence-electron chi connectivity index (χ4n) is 3.41. The summed E-state index contributed by atoms with van der Waals surface area (Å²) in [7, 11) is 0. The molecule has 0 atom stereocenters. The number of carbonyl (C=O) groups excluding carboxylic acids is 2. The fraction of sp³-hybridized carbons (Fsp3) is 0.579. The second-order valence-corrected chi connectivity index (χ2v) is 6.69. The monoisotopic (exact) mass is 330 g/mol. The number of hydrogen-bond donors (Lipinski definition) is 1. The molecule has 2 amide bonds. The van der Waals surface area contributed by atoms with Crippen LogP contribution in [0, 0.1) is 5.92 Å². The van der Waals surface area contributed by atoms with Gasteiger partial charge in [-0.05, 0) is 30.5 Å². The third-order valence-corrected chi connectivity index (χ3v) is 4.92. The molecule has 0 bridgehead atoms. The van der Waals surface area contributed by atoms with Gasteiger partial charge in [-0.15, -0.1) is 0 Å². The van der Waals surface area contributed by atoms with E-state index in [0.29, 0.717) is 32.7 Å². The Morgan fingerprint density at radius 1 is 1.04 bits per heavy atom. The predicted molar refractivity (Wildman–Crippen MR) is 92.7 cm³/mol. The van der Waals surface area contributed by atoms with E-state index in [-0.39, 0.29) is 17.7 Å². The summed E-state index contributed by atoms with van der Waals surface area (Å²) in [6.07, 6.45) is 5.95. The number of amides is 2. The Balaban J connectivity index is 1.51. The first-order chi connectivity index (χ1) is 11.7. The molecule has 1 aliphatic heterocycles. The van der Waals surface area contributed by atoms with Crippen LogP contribution in [0.2, 0.25) is 0 Å². The minimum Gasteiger partial charge on any atom is -0.378 e. The smallest absolute Gasteiger partial charge is 0.227 e. The van der Waals surface area contributed by atoms with E-state index in [1.807, 2.05) is 29.2 Å². The van der Waals surface area contributed by atoms with Crippen molar-refractivity contribution in [3.8, 4) is 0 Å². The van der Waals surface area contributed by atoms with Gasteiger partial charge in [0.15, 0.2) is 0 Å². The van der Waals surface area contributed by atoms with E-state index < -0.39 is 0 Å². The third kappa shape index (κ3) is 4.57. The first-order valence-electron chi connectivity index (χ1n) is 8.98. The average molecular weight is 330 g/mol. The Kier molecular flexibility index (Phi) is 5.86. The molecule has 0 aromatic heterocycles. The molecule has 5 heteroatoms. The lowest BCUT2D eigenvalue weighted by molar-refractivity contribution is -0.134. The molecule has 5 nitrogen and oxygen atoms in total. The number of nitrogens with one attached hydrogen (secondary N) is 1. The maximum absolute atomic E-state index is 12.3. The zero-order valence-corrected chi connectivity index (χ0v) is 14.1. The largest absolute Gasteiger partial charge is 0.378 e. The summed E-state index contributed by atoms with van der Waals surface area (Å²) >= 11 is 0. The quantitative estimate of drug-likeness (QED) is 0.923. The van der Waals surface area contributed by atoms with Gasteiger partial charge in [-0.1, -0.05) is 31.4 Å². The summed E-state index contributed by atoms with van der Waals surface area (Å²) in [5.41, 5.74) is 1.79. The number of morpholine rings is 1. The number of ether oxygens (including phenoxy) is 1. The van der Waals surface area contributed by atoms with Crippen LogP contribution < -0.4 is 5.32 Å². The highest BCUT2D eigenvalue weighted by Crippen LogP contribution is 2.25. The van der Waals surface area contributed by atoms with Gasteiger partial charge in [-0.2, -0.15) is 0 Å². The van der Waals surface area contributed by atoms with Gasteiger partial charge in [-0.25, -0.2) is 0 Å². The molecule has 1 aromatic carbocycles. The van der Waals surface area contributed by atoms with Crippen molar-refractivity contribution in [3.63, 3.8) is 0 Å². The van der Waals surface area contributed by atoms with Crippen LogP contribution >= 0.6 is 0 Å². The van der Waals surface area contributed by atoms with Crippen LogP contribution in [-0.4, -0.2) is 43.0 Å². The first-order valence-corrected chi connectivity index (χ1v) is 8.98. The lowest BCUT2D eigenvalue weighted by atomic mass is 9.88. The normalized spacial score (nSPS) is 19.1. The number of benzene rings is 1. The van der Waals surface area contributed by atoms with Gasteiger partial charge >= 0.3 is 0 Å². The van der Waals surface area contributed by atoms with E-state index in [4.69, 9.17) is 4.74 Å². The van der Waals surface area contributed by atoms with Gasteiger partial charge in [-0.3, -0.25) is 9.59 Å². The molecule has 3 rings (SSSR count). The van der Waals surface area contributed by atoms with E-state index in [9.17, 15) is 9.59 Å². The number of nitrogens with zero attached hydrogens (tertiary/aromatic N) is 1. The topological polar surface area (TPSA) is 58.6 Å². The molecule has 2 aliphatic rings. The SMILES string of the molecule is O=C(Nc1ccc(CC(=O)N2CCOCC2)cc1)C1CCCCC1. The molecule has 0 spiro atoms. The van der Waals surface area contributed by atoms with Gasteiger partial charge in [0.1, 0.15) is 0 Å². The van der Waals surface area contributed by atoms with Crippen molar-refractivity contribution < 1.29 is 14.3 Å². The molecule has 2 fully saturated rings. The van der Waals surface area contributed by atoms with Crippen LogP contribution in [0.25, 0.3) is 0 Å². The van der Waals surface area contributed by atoms with E-state index in [1.165, 1.54) is 6.42 Å². The minimum atomic E-state index is 0.131. The van der Waals surface area contributed by atoms with Crippen molar-refractivity contribution in [2.75, 3.05) is 31.6 Å². The Bertz CT molecular complexity index is 507. The second-order valence-electron chi connectivity index (χ2n) is 6.69. The zero-order chi connectivity index (χ0) is 16.8. The van der Waals surface area contributed by atoms with E-state index in [2.05, 4.69) is 5.32 Å². The van der Waals surface area contributed by atoms with Crippen LogP contribution in [0.5, 0.6) is 0 Å². The van der Waals surface area contributed by atoms with Crippen LogP contribution in [0.4, 0.5) is 5.69 Å². The standard InChI is InChI=1S/C19H26N2O3/c22-18(21-10-12-24-13-11-21)14-15-6-8-17(9-7-15)20-19(23)16-4-2-1-3-5-16/h6-9,16H,1-5,10-14H2,(H,20,23). The van der Waals surface area contributed by atoms with Crippen molar-refractivity contribution in [2.45, 2.75) is 38.5 Å². The molecule has 0 unspecified atom stereocenters. The number of rotatable bonds is 4. The molecule has 1 aliphatic carbocycles. The average Bonchev–Trinajstić information content (AvgIpc) is 2.65. The molecule has 130 valence electrons. The molecular weight excluding hydrogens is 304 g/mol. The molecule has 24 heavy (non-hydrogen) atoms. The molecule has 1 saturated carbocycles. The minimum absolute atomic E-state index is 0.131. The zero-order valence-electron chi connectivity index (χ0n) is 14.1. The van der Waals surface area contributed by atoms with Crippen LogP contribution in [0.15, 0.2) is 24.3 Å². The fourth-order valence-corrected chi connectivity index (χ4v) is 3.41. The van der Waals surface area contributed by atoms with Crippen molar-refractivity contribution in [3.05, 3.63) is 29.8 Å². The third-order valence-electron chi connectivity index (χ3n) is 4.92. The number of anilines is 1. The molecule has 0 radical (unpaired) electrons. The van der Waals surface area contributed by atoms with Crippen LogP contribution in [0.1, 0.15) is 37.7 Å². The van der Waals surface area contributed by atoms with Crippen LogP contribution in [0.3, 0.4) is 0 Å². The van der Waals surface area contributed by atoms with Gasteiger partial charge in [0.2, 0.25) is 11.8 Å². The number of hydrogen-bond acceptors (Lipinski definition) is 3. The maximum Gasteiger partial charge on any atom is 0.227 e. The molecule has 1 heterocycles. The highest BCUT2D eigenvalue weighted by molar-refractivity contribution is 5.92. The van der Waals surface area contributed by atoms with E-state index in [0.717, 1.165) is 36.9 Å². The number of carbonyl (C=O) groups is 2. The summed E-state index contributed by atoms with van der Waals surface area (Å²) in [6.45, 7) is 2.60. The van der Waals surface area contributed by atoms with Gasteiger partial charge in [0.25, 0.3) is 0 Å². The maximum atomic E-state index is 12.3. The Hall–Kier alpha value is -1.88. The van der Waals surface area contributed by atoms with Crippen molar-refractivity contribution in [1.29, 1.82) is 0 Å². The van der Waals surface area contributed by atoms with E-state index in [1.54, 1.807) is 0 Å². The Morgan fingerprint density at radius 2 is 1.71 bits per heavy atom. The Morgan fingerprint density at radius 3 is 2.38 bits per heavy atom. The van der Waals surface area contributed by atoms with Crippen molar-refractivity contribution in [2.24, 2.45) is 5.92 Å². The van der Waals surface area contributed by atoms with Crippen molar-refractivity contribution >= 4 is 17.5 Å². The van der Waals surface area contributed by atoms with E-state index >= 15 is 0 Å². The summed E-state index contributed by atoms with van der Waals surface area (Å²) < 4.78 is 5.27. The molecule has 1 aromatic rings. The van der Waals surface area contributed by atoms with Gasteiger partial charge < -0.3 is 15.0 Å². The molecule has 1 N–H and O–H groups in total. The predicted octanol–water partition coefficient (Wildman–Crippen LogP) is 2.61. The second kappa shape index (κ2) is 8.29. The van der Waals surface area contributed by atoms with Crippen molar-refractivity contribution in [1.82, 2.24) is 4.90 Å². The lowest BCUT2D eigenvalue weighted by Crippen LogP contribution is -2.41. The van der Waals surface area contributed by atoms with Gasteiger partial charge in [0.05, 0.1) is 19.6 Å². The first kappa shape index (κ1) is 17.0. The summed E-state index contributed by atoms with van der Waals surface area (Å²) in [5.74, 6) is 0.422. The summed E-state index contributed by atoms with van der Waals surface area (Å²) in [6, 6.07) is 7.63. The molecule has 1 saturated heterocycles. The highest BCUT2D eigenvalue weighted by atomic mass is 16.5. The lowest BCUT2D eigenvalue weighted by Gasteiger charge is -2.26. The summed E-state index contributed by atoms with van der Waals surface area (Å²) in [5, 5.41) is 3.00.